The molecule has 2 aliphatic rings. The number of rotatable bonds is 2. The molecule has 6 heteroatoms. The Morgan fingerprint density at radius 2 is 1.89 bits per heavy atom. The fourth-order valence-electron chi connectivity index (χ4n) is 3.90. The SMILES string of the molecule is Cn1nc(C2CC3CC(O)CC3C2)c(C(N)=O)c1N. The summed E-state index contributed by atoms with van der Waals surface area (Å²) in [6.45, 7) is 0. The number of nitrogens with two attached hydrogens (primary N) is 2. The molecule has 1 amide bonds. The van der Waals surface area contributed by atoms with E-state index in [2.05, 4.69) is 5.10 Å². The minimum absolute atomic E-state index is 0.152. The second-order valence-corrected chi connectivity index (χ2v) is 5.95. The summed E-state index contributed by atoms with van der Waals surface area (Å²) >= 11 is 0. The maximum atomic E-state index is 11.6. The molecule has 0 aromatic carbocycles. The summed E-state index contributed by atoms with van der Waals surface area (Å²) in [4.78, 5) is 11.6. The normalized spacial score (nSPS) is 33.6. The van der Waals surface area contributed by atoms with Crippen LogP contribution >= 0.6 is 0 Å². The first-order chi connectivity index (χ1) is 8.97. The lowest BCUT2D eigenvalue weighted by Gasteiger charge is -2.11. The van der Waals surface area contributed by atoms with Crippen LogP contribution in [-0.2, 0) is 7.05 Å². The number of anilines is 1. The van der Waals surface area contributed by atoms with Crippen molar-refractivity contribution in [2.75, 3.05) is 5.73 Å². The van der Waals surface area contributed by atoms with Gasteiger partial charge in [-0.25, -0.2) is 0 Å². The lowest BCUT2D eigenvalue weighted by atomic mass is 9.96. The highest BCUT2D eigenvalue weighted by Gasteiger charge is 2.43. The summed E-state index contributed by atoms with van der Waals surface area (Å²) in [6, 6.07) is 0. The molecule has 2 atom stereocenters. The van der Waals surface area contributed by atoms with Crippen molar-refractivity contribution in [1.82, 2.24) is 9.78 Å². The van der Waals surface area contributed by atoms with Gasteiger partial charge in [0.2, 0.25) is 0 Å². The summed E-state index contributed by atoms with van der Waals surface area (Å²) in [7, 11) is 1.73. The lowest BCUT2D eigenvalue weighted by Crippen LogP contribution is -2.16. The van der Waals surface area contributed by atoms with Gasteiger partial charge in [-0.1, -0.05) is 0 Å². The minimum atomic E-state index is -0.502. The summed E-state index contributed by atoms with van der Waals surface area (Å²) in [5.41, 5.74) is 12.4. The number of carbonyl (C=O) groups is 1. The van der Waals surface area contributed by atoms with Crippen LogP contribution in [0.1, 0.15) is 47.7 Å². The quantitative estimate of drug-likeness (QED) is 0.717. The Morgan fingerprint density at radius 3 is 2.42 bits per heavy atom. The number of nitrogen functional groups attached to an aromatic ring is 1. The number of primary amides is 1. The van der Waals surface area contributed by atoms with Crippen molar-refractivity contribution in [3.63, 3.8) is 0 Å². The average molecular weight is 264 g/mol. The molecule has 2 saturated carbocycles. The molecule has 0 saturated heterocycles. The van der Waals surface area contributed by atoms with Crippen LogP contribution in [0.3, 0.4) is 0 Å². The van der Waals surface area contributed by atoms with Crippen LogP contribution in [0.15, 0.2) is 0 Å². The van der Waals surface area contributed by atoms with Crippen LogP contribution in [0.25, 0.3) is 0 Å². The van der Waals surface area contributed by atoms with Gasteiger partial charge in [0, 0.05) is 13.0 Å². The van der Waals surface area contributed by atoms with Crippen molar-refractivity contribution >= 4 is 11.7 Å². The van der Waals surface area contributed by atoms with E-state index in [0.29, 0.717) is 23.2 Å². The number of nitrogens with zero attached hydrogens (tertiary/aromatic N) is 2. The van der Waals surface area contributed by atoms with Gasteiger partial charge in [-0.05, 0) is 37.5 Å². The molecule has 6 nitrogen and oxygen atoms in total. The number of aliphatic hydroxyl groups is 1. The second kappa shape index (κ2) is 4.23. The van der Waals surface area contributed by atoms with Gasteiger partial charge >= 0.3 is 0 Å². The lowest BCUT2D eigenvalue weighted by molar-refractivity contribution is 0.0999. The number of hydrogen-bond acceptors (Lipinski definition) is 4. The Morgan fingerprint density at radius 1 is 1.32 bits per heavy atom. The average Bonchev–Trinajstić information content (AvgIpc) is 2.91. The van der Waals surface area contributed by atoms with Gasteiger partial charge in [-0.2, -0.15) is 5.10 Å². The number of aryl methyl sites for hydroxylation is 1. The number of fused-ring (bicyclic) bond motifs is 1. The molecule has 19 heavy (non-hydrogen) atoms. The number of amides is 1. The Hall–Kier alpha value is -1.56. The summed E-state index contributed by atoms with van der Waals surface area (Å²) in [5, 5.41) is 14.1. The predicted octanol–water partition coefficient (Wildman–Crippen LogP) is 0.366. The van der Waals surface area contributed by atoms with E-state index in [1.807, 2.05) is 0 Å². The Bertz CT molecular complexity index is 511. The molecular formula is C13H20N4O2. The van der Waals surface area contributed by atoms with Gasteiger partial charge in [0.15, 0.2) is 0 Å². The van der Waals surface area contributed by atoms with Crippen molar-refractivity contribution in [2.45, 2.75) is 37.7 Å². The van der Waals surface area contributed by atoms with Crippen molar-refractivity contribution in [2.24, 2.45) is 24.6 Å². The first-order valence-corrected chi connectivity index (χ1v) is 6.77. The topological polar surface area (TPSA) is 107 Å². The molecular weight excluding hydrogens is 244 g/mol. The fourth-order valence-corrected chi connectivity index (χ4v) is 3.90. The van der Waals surface area contributed by atoms with Crippen LogP contribution in [0, 0.1) is 11.8 Å². The molecule has 1 heterocycles. The Kier molecular flexibility index (Phi) is 2.78. The van der Waals surface area contributed by atoms with Crippen molar-refractivity contribution in [1.29, 1.82) is 0 Å². The predicted molar refractivity (Wildman–Crippen MR) is 70.3 cm³/mol. The van der Waals surface area contributed by atoms with Gasteiger partial charge in [0.05, 0.1) is 11.8 Å². The number of hydrogen-bond donors (Lipinski definition) is 3. The number of aliphatic hydroxyl groups excluding tert-OH is 1. The van der Waals surface area contributed by atoms with E-state index in [1.165, 1.54) is 4.68 Å². The van der Waals surface area contributed by atoms with E-state index >= 15 is 0 Å². The van der Waals surface area contributed by atoms with E-state index in [1.54, 1.807) is 7.05 Å². The second-order valence-electron chi connectivity index (χ2n) is 5.95. The molecule has 5 N–H and O–H groups in total. The minimum Gasteiger partial charge on any atom is -0.393 e. The maximum absolute atomic E-state index is 11.6. The molecule has 3 rings (SSSR count). The number of carbonyl (C=O) groups excluding carboxylic acids is 1. The van der Waals surface area contributed by atoms with E-state index < -0.39 is 5.91 Å². The highest BCUT2D eigenvalue weighted by atomic mass is 16.3. The van der Waals surface area contributed by atoms with Crippen LogP contribution < -0.4 is 11.5 Å². The molecule has 1 aromatic heterocycles. The molecule has 0 bridgehead atoms. The van der Waals surface area contributed by atoms with E-state index in [4.69, 9.17) is 11.5 Å². The summed E-state index contributed by atoms with van der Waals surface area (Å²) in [5.74, 6) is 1.18. The smallest absolute Gasteiger partial charge is 0.254 e. The van der Waals surface area contributed by atoms with Gasteiger partial charge in [-0.15, -0.1) is 0 Å². The standard InChI is InChI=1S/C13H20N4O2/c1-17-12(14)10(13(15)19)11(16-17)8-2-6-4-9(18)5-7(6)3-8/h6-9,18H,2-5,14H2,1H3,(H2,15,19). The third-order valence-electron chi connectivity index (χ3n) is 4.74. The van der Waals surface area contributed by atoms with Gasteiger partial charge in [0.25, 0.3) is 5.91 Å². The summed E-state index contributed by atoms with van der Waals surface area (Å²) in [6.07, 6.45) is 3.53. The molecule has 0 spiro atoms. The van der Waals surface area contributed by atoms with Gasteiger partial charge < -0.3 is 16.6 Å². The zero-order valence-electron chi connectivity index (χ0n) is 11.0. The van der Waals surface area contributed by atoms with Crippen LogP contribution in [0.5, 0.6) is 0 Å². The van der Waals surface area contributed by atoms with E-state index in [9.17, 15) is 9.90 Å². The van der Waals surface area contributed by atoms with Crippen molar-refractivity contribution < 1.29 is 9.90 Å². The van der Waals surface area contributed by atoms with Crippen molar-refractivity contribution in [3.8, 4) is 0 Å². The molecule has 2 fully saturated rings. The third kappa shape index (κ3) is 1.90. The number of aromatic nitrogens is 2. The van der Waals surface area contributed by atoms with Crippen LogP contribution in [0.4, 0.5) is 5.82 Å². The fraction of sp³-hybridized carbons (Fsp3) is 0.692. The summed E-state index contributed by atoms with van der Waals surface area (Å²) < 4.78 is 1.53. The molecule has 0 radical (unpaired) electrons. The Labute approximate surface area is 111 Å². The molecule has 1 aromatic rings. The monoisotopic (exact) mass is 264 g/mol. The first-order valence-electron chi connectivity index (χ1n) is 6.77. The van der Waals surface area contributed by atoms with Gasteiger partial charge in [0.1, 0.15) is 11.4 Å². The van der Waals surface area contributed by atoms with Crippen molar-refractivity contribution in [3.05, 3.63) is 11.3 Å². The molecule has 2 aliphatic carbocycles. The zero-order valence-corrected chi connectivity index (χ0v) is 11.0. The maximum Gasteiger partial charge on any atom is 0.254 e. The Balaban J connectivity index is 1.89. The zero-order chi connectivity index (χ0) is 13.7. The largest absolute Gasteiger partial charge is 0.393 e. The molecule has 104 valence electrons. The highest BCUT2D eigenvalue weighted by molar-refractivity contribution is 5.98. The first kappa shape index (κ1) is 12.5. The highest BCUT2D eigenvalue weighted by Crippen LogP contribution is 2.51. The third-order valence-corrected chi connectivity index (χ3v) is 4.74. The molecule has 2 unspecified atom stereocenters. The van der Waals surface area contributed by atoms with E-state index in [0.717, 1.165) is 31.4 Å². The van der Waals surface area contributed by atoms with Crippen LogP contribution in [-0.4, -0.2) is 26.9 Å². The van der Waals surface area contributed by atoms with Crippen LogP contribution in [0.2, 0.25) is 0 Å². The van der Waals surface area contributed by atoms with E-state index in [-0.39, 0.29) is 12.0 Å². The molecule has 0 aliphatic heterocycles. The van der Waals surface area contributed by atoms with Gasteiger partial charge in [-0.3, -0.25) is 9.48 Å².